The summed E-state index contributed by atoms with van der Waals surface area (Å²) in [5, 5.41) is 2.48. The molecule has 1 aromatic carbocycles. The fourth-order valence-corrected chi connectivity index (χ4v) is 4.25. The first-order valence-corrected chi connectivity index (χ1v) is 11.4. The summed E-state index contributed by atoms with van der Waals surface area (Å²) in [5.41, 5.74) is 3.38. The number of fused-ring (bicyclic) bond motifs is 1. The Morgan fingerprint density at radius 2 is 1.94 bits per heavy atom. The van der Waals surface area contributed by atoms with Crippen LogP contribution in [0.5, 0.6) is 0 Å². The van der Waals surface area contributed by atoms with Gasteiger partial charge in [-0.3, -0.25) is 14.5 Å². The zero-order valence-corrected chi connectivity index (χ0v) is 19.3. The van der Waals surface area contributed by atoms with Gasteiger partial charge in [0.2, 0.25) is 0 Å². The van der Waals surface area contributed by atoms with Crippen molar-refractivity contribution in [2.75, 3.05) is 44.3 Å². The maximum atomic E-state index is 14.7. The second-order valence-electron chi connectivity index (χ2n) is 8.35. The molecule has 0 bridgehead atoms. The third kappa shape index (κ3) is 5.06. The molecule has 0 radical (unpaired) electrons. The molecular formula is C24H28F2N6O2. The van der Waals surface area contributed by atoms with Gasteiger partial charge in [0, 0.05) is 39.3 Å². The van der Waals surface area contributed by atoms with E-state index in [1.807, 2.05) is 19.9 Å². The van der Waals surface area contributed by atoms with Gasteiger partial charge in [0.15, 0.2) is 5.82 Å². The van der Waals surface area contributed by atoms with E-state index in [1.54, 1.807) is 12.1 Å². The van der Waals surface area contributed by atoms with E-state index >= 15 is 0 Å². The maximum absolute atomic E-state index is 14.7. The number of hydrogen-bond acceptors (Lipinski definition) is 6. The van der Waals surface area contributed by atoms with Gasteiger partial charge < -0.3 is 15.2 Å². The van der Waals surface area contributed by atoms with Crippen molar-refractivity contribution in [1.82, 2.24) is 25.2 Å². The Bertz CT molecular complexity index is 1250. The molecule has 1 aliphatic heterocycles. The zero-order valence-electron chi connectivity index (χ0n) is 19.3. The number of hydrogen-bond donors (Lipinski definition) is 2. The lowest BCUT2D eigenvalue weighted by molar-refractivity contribution is 0.0945. The number of aryl methyl sites for hydroxylation is 2. The molecule has 2 N–H and O–H groups in total. The van der Waals surface area contributed by atoms with Crippen LogP contribution in [0.15, 0.2) is 29.1 Å². The Labute approximate surface area is 196 Å². The summed E-state index contributed by atoms with van der Waals surface area (Å²) in [6.45, 7) is 6.61. The molecule has 3 aromatic rings. The molecule has 3 heterocycles. The number of carbonyl (C=O) groups is 1. The average molecular weight is 471 g/mol. The molecule has 1 amide bonds. The third-order valence-corrected chi connectivity index (χ3v) is 6.00. The first-order chi connectivity index (χ1) is 16.4. The molecule has 1 aliphatic rings. The molecule has 0 saturated carbocycles. The Balaban J connectivity index is 1.41. The van der Waals surface area contributed by atoms with Gasteiger partial charge in [0.05, 0.1) is 16.9 Å². The van der Waals surface area contributed by atoms with E-state index in [2.05, 4.69) is 30.1 Å². The highest BCUT2D eigenvalue weighted by Gasteiger charge is 2.21. The number of pyridine rings is 1. The third-order valence-electron chi connectivity index (χ3n) is 6.00. The SMILES string of the molecule is CCc1nc2c(F)cc(CN3CCN(c4ccc(C(=O)NCCF)nc4C)CC3)cc2[nH]c1=O. The van der Waals surface area contributed by atoms with Crippen molar-refractivity contribution in [2.45, 2.75) is 26.8 Å². The van der Waals surface area contributed by atoms with E-state index in [4.69, 9.17) is 0 Å². The number of halogens is 2. The molecule has 0 atom stereocenters. The second kappa shape index (κ2) is 10.3. The van der Waals surface area contributed by atoms with E-state index in [0.29, 0.717) is 24.2 Å². The van der Waals surface area contributed by atoms with Gasteiger partial charge in [-0.05, 0) is 43.2 Å². The average Bonchev–Trinajstić information content (AvgIpc) is 2.82. The van der Waals surface area contributed by atoms with Gasteiger partial charge in [-0.2, -0.15) is 0 Å². The molecule has 10 heteroatoms. The Hall–Kier alpha value is -3.40. The zero-order chi connectivity index (χ0) is 24.2. The molecule has 1 fully saturated rings. The number of piperazine rings is 1. The smallest absolute Gasteiger partial charge is 0.270 e. The highest BCUT2D eigenvalue weighted by molar-refractivity contribution is 5.92. The summed E-state index contributed by atoms with van der Waals surface area (Å²) in [6.07, 6.45) is 0.445. The minimum atomic E-state index is -0.618. The van der Waals surface area contributed by atoms with Crippen LogP contribution in [0.3, 0.4) is 0 Å². The van der Waals surface area contributed by atoms with Crippen molar-refractivity contribution in [2.24, 2.45) is 0 Å². The molecule has 1 saturated heterocycles. The molecule has 4 rings (SSSR count). The number of aromatic nitrogens is 3. The van der Waals surface area contributed by atoms with Crippen molar-refractivity contribution >= 4 is 22.6 Å². The minimum absolute atomic E-state index is 0.0310. The van der Waals surface area contributed by atoms with Crippen LogP contribution in [0.4, 0.5) is 14.5 Å². The van der Waals surface area contributed by atoms with Crippen LogP contribution in [0.2, 0.25) is 0 Å². The van der Waals surface area contributed by atoms with Gasteiger partial charge in [0.1, 0.15) is 23.6 Å². The Morgan fingerprint density at radius 3 is 2.62 bits per heavy atom. The van der Waals surface area contributed by atoms with Crippen LogP contribution in [-0.2, 0) is 13.0 Å². The number of rotatable bonds is 7. The van der Waals surface area contributed by atoms with Crippen molar-refractivity contribution < 1.29 is 13.6 Å². The fourth-order valence-electron chi connectivity index (χ4n) is 4.25. The highest BCUT2D eigenvalue weighted by atomic mass is 19.1. The molecule has 0 spiro atoms. The predicted octanol–water partition coefficient (Wildman–Crippen LogP) is 2.35. The van der Waals surface area contributed by atoms with E-state index in [9.17, 15) is 18.4 Å². The van der Waals surface area contributed by atoms with Gasteiger partial charge in [0.25, 0.3) is 11.5 Å². The molecule has 0 unspecified atom stereocenters. The van der Waals surface area contributed by atoms with E-state index in [-0.39, 0.29) is 29.2 Å². The van der Waals surface area contributed by atoms with Crippen LogP contribution < -0.4 is 15.8 Å². The Kier molecular flexibility index (Phi) is 7.16. The topological polar surface area (TPSA) is 94.2 Å². The summed E-state index contributed by atoms with van der Waals surface area (Å²) in [5.74, 6) is -0.823. The van der Waals surface area contributed by atoms with Crippen LogP contribution >= 0.6 is 0 Å². The summed E-state index contributed by atoms with van der Waals surface area (Å²) in [7, 11) is 0. The number of aromatic amines is 1. The van der Waals surface area contributed by atoms with E-state index in [0.717, 1.165) is 43.1 Å². The molecular weight excluding hydrogens is 442 g/mol. The van der Waals surface area contributed by atoms with Crippen molar-refractivity contribution in [3.63, 3.8) is 0 Å². The predicted molar refractivity (Wildman–Crippen MR) is 126 cm³/mol. The van der Waals surface area contributed by atoms with Crippen LogP contribution in [0.1, 0.15) is 34.4 Å². The molecule has 180 valence electrons. The first-order valence-electron chi connectivity index (χ1n) is 11.4. The number of H-pyrrole nitrogens is 1. The van der Waals surface area contributed by atoms with Crippen LogP contribution in [0, 0.1) is 12.7 Å². The molecule has 8 nitrogen and oxygen atoms in total. The van der Waals surface area contributed by atoms with Gasteiger partial charge in [-0.1, -0.05) is 6.92 Å². The summed E-state index contributed by atoms with van der Waals surface area (Å²) < 4.78 is 26.9. The largest absolute Gasteiger partial charge is 0.368 e. The lowest BCUT2D eigenvalue weighted by atomic mass is 10.1. The second-order valence-corrected chi connectivity index (χ2v) is 8.35. The highest BCUT2D eigenvalue weighted by Crippen LogP contribution is 2.22. The summed E-state index contributed by atoms with van der Waals surface area (Å²) in [6, 6.07) is 6.80. The van der Waals surface area contributed by atoms with Gasteiger partial charge in [-0.15, -0.1) is 0 Å². The number of amides is 1. The molecule has 0 aliphatic carbocycles. The molecule has 2 aromatic heterocycles. The fraction of sp³-hybridized carbons (Fsp3) is 0.417. The number of nitrogens with zero attached hydrogens (tertiary/aromatic N) is 4. The maximum Gasteiger partial charge on any atom is 0.270 e. The number of nitrogens with one attached hydrogen (secondary N) is 2. The number of anilines is 1. The minimum Gasteiger partial charge on any atom is -0.368 e. The number of carbonyl (C=O) groups excluding carboxylic acids is 1. The summed E-state index contributed by atoms with van der Waals surface area (Å²) >= 11 is 0. The molecule has 34 heavy (non-hydrogen) atoms. The van der Waals surface area contributed by atoms with Gasteiger partial charge >= 0.3 is 0 Å². The van der Waals surface area contributed by atoms with Crippen molar-refractivity contribution in [3.8, 4) is 0 Å². The first kappa shape index (κ1) is 23.7. The standard InChI is InChI=1S/C24H28F2N6O2/c1-3-18-24(34)30-20-13-16(12-17(26)22(20)29-18)14-31-8-10-32(11-9-31)21-5-4-19(28-15(21)2)23(33)27-7-6-25/h4-5,12-13H,3,6-11,14H2,1-2H3,(H,27,33)(H,30,34). The summed E-state index contributed by atoms with van der Waals surface area (Å²) in [4.78, 5) is 39.8. The quantitative estimate of drug-likeness (QED) is 0.551. The number of alkyl halides is 1. The van der Waals surface area contributed by atoms with E-state index < -0.39 is 12.5 Å². The monoisotopic (exact) mass is 470 g/mol. The number of benzene rings is 1. The van der Waals surface area contributed by atoms with Gasteiger partial charge in [-0.25, -0.2) is 18.7 Å². The lowest BCUT2D eigenvalue weighted by Gasteiger charge is -2.36. The Morgan fingerprint density at radius 1 is 1.18 bits per heavy atom. The van der Waals surface area contributed by atoms with Crippen LogP contribution in [0.25, 0.3) is 11.0 Å². The van der Waals surface area contributed by atoms with Crippen molar-refractivity contribution in [1.29, 1.82) is 0 Å². The normalized spacial score (nSPS) is 14.5. The van der Waals surface area contributed by atoms with Crippen LogP contribution in [-0.4, -0.2) is 65.2 Å². The lowest BCUT2D eigenvalue weighted by Crippen LogP contribution is -2.46. The van der Waals surface area contributed by atoms with Crippen molar-refractivity contribution in [3.05, 3.63) is 63.1 Å². The van der Waals surface area contributed by atoms with E-state index in [1.165, 1.54) is 6.07 Å².